The Morgan fingerprint density at radius 2 is 1.40 bits per heavy atom. The zero-order valence-electron chi connectivity index (χ0n) is 19.1. The van der Waals surface area contributed by atoms with E-state index in [0.29, 0.717) is 16.7 Å². The normalized spacial score (nSPS) is 14.8. The Kier molecular flexibility index (Phi) is 5.18. The van der Waals surface area contributed by atoms with Crippen molar-refractivity contribution in [1.29, 1.82) is 0 Å². The van der Waals surface area contributed by atoms with Gasteiger partial charge in [-0.1, -0.05) is 59.7 Å². The Hall–Kier alpha value is -2.88. The fourth-order valence-electron chi connectivity index (χ4n) is 4.00. The van der Waals surface area contributed by atoms with Crippen LogP contribution in [0.15, 0.2) is 36.1 Å². The molecule has 2 aromatic carbocycles. The molecule has 0 radical (unpaired) electrons. The van der Waals surface area contributed by atoms with Crippen LogP contribution in [0.4, 0.5) is 0 Å². The van der Waals surface area contributed by atoms with Crippen LogP contribution in [0.1, 0.15) is 84.5 Å². The summed E-state index contributed by atoms with van der Waals surface area (Å²) in [5.74, 6) is -0.258. The number of aromatic hydroxyl groups is 1. The van der Waals surface area contributed by atoms with Crippen LogP contribution in [0.3, 0.4) is 0 Å². The molecule has 0 bridgehead atoms. The van der Waals surface area contributed by atoms with Gasteiger partial charge in [0.2, 0.25) is 5.78 Å². The van der Waals surface area contributed by atoms with E-state index in [-0.39, 0.29) is 39.5 Å². The number of carbonyl (C=O) groups is 2. The Balaban J connectivity index is 2.40. The van der Waals surface area contributed by atoms with Crippen LogP contribution in [0.2, 0.25) is 0 Å². The third kappa shape index (κ3) is 3.45. The van der Waals surface area contributed by atoms with Crippen molar-refractivity contribution in [2.45, 2.75) is 59.3 Å². The molecule has 0 unspecified atom stereocenters. The zero-order valence-corrected chi connectivity index (χ0v) is 19.1. The Morgan fingerprint density at radius 1 is 0.867 bits per heavy atom. The molecule has 0 saturated carbocycles. The SMILES string of the molecule is COC1=C(c2cc(C(C)(C)C)c(O)c(C(C)(C)C)c2)C(=O)c2c(C)cccc2C1=O. The van der Waals surface area contributed by atoms with Gasteiger partial charge in [0.1, 0.15) is 5.75 Å². The first-order chi connectivity index (χ1) is 13.8. The molecule has 0 spiro atoms. The van der Waals surface area contributed by atoms with E-state index in [2.05, 4.69) is 0 Å². The molecule has 4 heteroatoms. The molecule has 1 aliphatic rings. The molecule has 158 valence electrons. The largest absolute Gasteiger partial charge is 0.507 e. The van der Waals surface area contributed by atoms with Crippen molar-refractivity contribution in [3.63, 3.8) is 0 Å². The smallest absolute Gasteiger partial charge is 0.229 e. The zero-order chi connectivity index (χ0) is 22.6. The lowest BCUT2D eigenvalue weighted by Crippen LogP contribution is -2.24. The monoisotopic (exact) mass is 406 g/mol. The summed E-state index contributed by atoms with van der Waals surface area (Å²) in [6.45, 7) is 13.9. The number of phenolic OH excluding ortho intramolecular Hbond substituents is 1. The number of benzene rings is 2. The number of methoxy groups -OCH3 is 1. The van der Waals surface area contributed by atoms with E-state index < -0.39 is 0 Å². The maximum absolute atomic E-state index is 13.6. The molecular formula is C26H30O4. The second-order valence-corrected chi connectivity index (χ2v) is 9.98. The van der Waals surface area contributed by atoms with E-state index in [4.69, 9.17) is 4.74 Å². The highest BCUT2D eigenvalue weighted by Gasteiger charge is 2.37. The summed E-state index contributed by atoms with van der Waals surface area (Å²) in [6.07, 6.45) is 0. The summed E-state index contributed by atoms with van der Waals surface area (Å²) in [7, 11) is 1.41. The molecule has 2 aromatic rings. The minimum absolute atomic E-state index is 0.0449. The number of ether oxygens (including phenoxy) is 1. The number of Topliss-reactive ketones (excluding diaryl/α,β-unsaturated/α-hetero) is 2. The van der Waals surface area contributed by atoms with Crippen molar-refractivity contribution in [1.82, 2.24) is 0 Å². The molecule has 0 atom stereocenters. The summed E-state index contributed by atoms with van der Waals surface area (Å²) < 4.78 is 5.47. The fourth-order valence-corrected chi connectivity index (χ4v) is 4.00. The Morgan fingerprint density at radius 3 is 1.87 bits per heavy atom. The Labute approximate surface area is 178 Å². The molecule has 0 amide bonds. The molecule has 0 aliphatic heterocycles. The van der Waals surface area contributed by atoms with Crippen molar-refractivity contribution >= 4 is 17.1 Å². The van der Waals surface area contributed by atoms with Gasteiger partial charge < -0.3 is 9.84 Å². The van der Waals surface area contributed by atoms with Gasteiger partial charge in [-0.25, -0.2) is 0 Å². The minimum atomic E-state index is -0.358. The van der Waals surface area contributed by atoms with E-state index in [1.807, 2.05) is 66.7 Å². The van der Waals surface area contributed by atoms with Gasteiger partial charge in [-0.05, 0) is 41.0 Å². The highest BCUT2D eigenvalue weighted by atomic mass is 16.5. The lowest BCUT2D eigenvalue weighted by atomic mass is 9.75. The second kappa shape index (κ2) is 7.12. The van der Waals surface area contributed by atoms with E-state index in [9.17, 15) is 14.7 Å². The lowest BCUT2D eigenvalue weighted by Gasteiger charge is -2.29. The summed E-state index contributed by atoms with van der Waals surface area (Å²) in [4.78, 5) is 26.8. The maximum Gasteiger partial charge on any atom is 0.229 e. The van der Waals surface area contributed by atoms with Crippen LogP contribution < -0.4 is 0 Å². The van der Waals surface area contributed by atoms with E-state index in [1.54, 1.807) is 12.1 Å². The summed E-state index contributed by atoms with van der Waals surface area (Å²) in [6, 6.07) is 8.89. The number of aryl methyl sites for hydroxylation is 1. The van der Waals surface area contributed by atoms with Crippen LogP contribution in [-0.4, -0.2) is 23.8 Å². The van der Waals surface area contributed by atoms with E-state index in [1.165, 1.54) is 7.11 Å². The minimum Gasteiger partial charge on any atom is -0.507 e. The molecule has 4 nitrogen and oxygen atoms in total. The number of hydrogen-bond donors (Lipinski definition) is 1. The summed E-state index contributed by atoms with van der Waals surface area (Å²) >= 11 is 0. The van der Waals surface area contributed by atoms with E-state index in [0.717, 1.165) is 16.7 Å². The summed E-state index contributed by atoms with van der Waals surface area (Å²) in [5, 5.41) is 11.0. The van der Waals surface area contributed by atoms with Crippen molar-refractivity contribution in [2.24, 2.45) is 0 Å². The number of fused-ring (bicyclic) bond motifs is 1. The quantitative estimate of drug-likeness (QED) is 0.691. The van der Waals surface area contributed by atoms with Crippen molar-refractivity contribution in [3.8, 4) is 5.75 Å². The standard InChI is InChI=1S/C26H30O4/c1-14-10-9-11-16-19(14)23(29)20(24(30-8)21(16)27)15-12-17(25(2,3)4)22(28)18(13-15)26(5,6)7/h9-13,28H,1-8H3. The fraction of sp³-hybridized carbons (Fsp3) is 0.385. The van der Waals surface area contributed by atoms with Crippen LogP contribution >= 0.6 is 0 Å². The van der Waals surface area contributed by atoms with Crippen LogP contribution in [-0.2, 0) is 15.6 Å². The van der Waals surface area contributed by atoms with E-state index >= 15 is 0 Å². The number of ketones is 2. The topological polar surface area (TPSA) is 63.6 Å². The highest BCUT2D eigenvalue weighted by molar-refractivity contribution is 6.40. The van der Waals surface area contributed by atoms with Gasteiger partial charge in [0.25, 0.3) is 0 Å². The van der Waals surface area contributed by atoms with Crippen LogP contribution in [0.25, 0.3) is 5.57 Å². The first-order valence-electron chi connectivity index (χ1n) is 10.1. The number of allylic oxidation sites excluding steroid dienone is 2. The van der Waals surface area contributed by atoms with Gasteiger partial charge in [0, 0.05) is 22.3 Å². The number of carbonyl (C=O) groups excluding carboxylic acids is 2. The Bertz CT molecular complexity index is 1050. The molecule has 0 aromatic heterocycles. The molecule has 1 aliphatic carbocycles. The van der Waals surface area contributed by atoms with Gasteiger partial charge in [-0.15, -0.1) is 0 Å². The van der Waals surface area contributed by atoms with Crippen molar-refractivity contribution < 1.29 is 19.4 Å². The second-order valence-electron chi connectivity index (χ2n) is 9.98. The molecule has 3 rings (SSSR count). The molecule has 0 fully saturated rings. The number of hydrogen-bond acceptors (Lipinski definition) is 4. The van der Waals surface area contributed by atoms with Gasteiger partial charge in [-0.2, -0.15) is 0 Å². The van der Waals surface area contributed by atoms with Crippen molar-refractivity contribution in [2.75, 3.05) is 7.11 Å². The van der Waals surface area contributed by atoms with Crippen LogP contribution in [0.5, 0.6) is 5.75 Å². The van der Waals surface area contributed by atoms with Gasteiger partial charge >= 0.3 is 0 Å². The average molecular weight is 407 g/mol. The third-order valence-electron chi connectivity index (χ3n) is 5.62. The lowest BCUT2D eigenvalue weighted by molar-refractivity contribution is 0.0924. The molecule has 0 saturated heterocycles. The summed E-state index contributed by atoms with van der Waals surface area (Å²) in [5.41, 5.74) is 3.11. The highest BCUT2D eigenvalue weighted by Crippen LogP contribution is 2.43. The molecule has 1 N–H and O–H groups in total. The molecule has 0 heterocycles. The van der Waals surface area contributed by atoms with Gasteiger partial charge in [-0.3, -0.25) is 9.59 Å². The third-order valence-corrected chi connectivity index (χ3v) is 5.62. The number of rotatable bonds is 2. The van der Waals surface area contributed by atoms with Crippen molar-refractivity contribution in [3.05, 3.63) is 69.5 Å². The van der Waals surface area contributed by atoms with Crippen LogP contribution in [0, 0.1) is 6.92 Å². The molecule has 30 heavy (non-hydrogen) atoms. The predicted molar refractivity (Wildman–Crippen MR) is 119 cm³/mol. The number of phenols is 1. The van der Waals surface area contributed by atoms with Gasteiger partial charge in [0.05, 0.1) is 12.7 Å². The first kappa shape index (κ1) is 21.8. The predicted octanol–water partition coefficient (Wildman–Crippen LogP) is 5.73. The maximum atomic E-state index is 13.6. The molecular weight excluding hydrogens is 376 g/mol. The van der Waals surface area contributed by atoms with Gasteiger partial charge in [0.15, 0.2) is 11.5 Å². The average Bonchev–Trinajstić information content (AvgIpc) is 2.62. The first-order valence-corrected chi connectivity index (χ1v) is 10.1.